The number of fused-ring (bicyclic) bond motifs is 1. The van der Waals surface area contributed by atoms with Crippen molar-refractivity contribution in [1.82, 2.24) is 10.2 Å². The van der Waals surface area contributed by atoms with Crippen molar-refractivity contribution in [3.8, 4) is 5.75 Å². The number of anilines is 2. The third kappa shape index (κ3) is 18.6. The molecule has 1 atom stereocenters. The van der Waals surface area contributed by atoms with Crippen LogP contribution < -0.4 is 20.7 Å². The molecule has 4 rings (SSSR count). The maximum absolute atomic E-state index is 13.2. The number of amides is 6. The van der Waals surface area contributed by atoms with Crippen molar-refractivity contribution in [3.63, 3.8) is 0 Å². The number of hydrogen-bond donors (Lipinski definition) is 3. The molecule has 6 amide bonds. The number of benzene rings is 2. The minimum atomic E-state index is -1.08. The molecule has 2 aromatic carbocycles. The van der Waals surface area contributed by atoms with Gasteiger partial charge < -0.3 is 53.3 Å². The van der Waals surface area contributed by atoms with Gasteiger partial charge in [-0.25, -0.2) is 0 Å². The van der Waals surface area contributed by atoms with Gasteiger partial charge in [0, 0.05) is 32.1 Å². The topological polar surface area (TPSA) is 225 Å². The predicted molar refractivity (Wildman–Crippen MR) is 223 cm³/mol. The highest BCUT2D eigenvalue weighted by atomic mass is 16.6. The number of nitrogens with one attached hydrogen (secondary N) is 3. The summed E-state index contributed by atoms with van der Waals surface area (Å²) in [4.78, 5) is 74.6. The lowest BCUT2D eigenvalue weighted by Gasteiger charge is -2.27. The van der Waals surface area contributed by atoms with E-state index in [0.29, 0.717) is 124 Å². The Bertz CT molecular complexity index is 1710. The van der Waals surface area contributed by atoms with Crippen molar-refractivity contribution in [2.75, 3.05) is 123 Å². The van der Waals surface area contributed by atoms with Crippen LogP contribution in [0.2, 0.25) is 0 Å². The van der Waals surface area contributed by atoms with Crippen LogP contribution in [0.25, 0.3) is 0 Å². The molecule has 3 N–H and O–H groups in total. The Morgan fingerprint density at radius 3 is 1.65 bits per heavy atom. The zero-order valence-electron chi connectivity index (χ0n) is 35.5. The van der Waals surface area contributed by atoms with Crippen LogP contribution in [0.1, 0.15) is 66.2 Å². The summed E-state index contributed by atoms with van der Waals surface area (Å²) in [5.74, 6) is -2.15. The van der Waals surface area contributed by atoms with Crippen LogP contribution in [0.15, 0.2) is 42.5 Å². The van der Waals surface area contributed by atoms with Crippen LogP contribution in [0.5, 0.6) is 5.75 Å². The minimum Gasteiger partial charge on any atom is -0.491 e. The van der Waals surface area contributed by atoms with Gasteiger partial charge in [-0.15, -0.1) is 0 Å². The first-order valence-corrected chi connectivity index (χ1v) is 21.0. The van der Waals surface area contributed by atoms with Crippen LogP contribution in [-0.2, 0) is 57.1 Å². The first-order valence-electron chi connectivity index (χ1n) is 21.0. The molecule has 1 saturated heterocycles. The third-order valence-corrected chi connectivity index (χ3v) is 9.21. The van der Waals surface area contributed by atoms with Crippen molar-refractivity contribution >= 4 is 46.8 Å². The summed E-state index contributed by atoms with van der Waals surface area (Å²) in [7, 11) is 0. The van der Waals surface area contributed by atoms with Gasteiger partial charge in [0.15, 0.2) is 0 Å². The first-order chi connectivity index (χ1) is 30.2. The number of carbonyl (C=O) groups is 6. The largest absolute Gasteiger partial charge is 0.491 e. The Labute approximate surface area is 361 Å². The predicted octanol–water partition coefficient (Wildman–Crippen LogP) is 2.76. The van der Waals surface area contributed by atoms with E-state index >= 15 is 0 Å². The Morgan fingerprint density at radius 1 is 0.613 bits per heavy atom. The van der Waals surface area contributed by atoms with E-state index in [9.17, 15) is 28.8 Å². The number of ether oxygens (including phenoxy) is 9. The molecule has 0 saturated carbocycles. The fraction of sp³-hybridized carbons (Fsp3) is 0.581. The van der Waals surface area contributed by atoms with Crippen molar-refractivity contribution < 1.29 is 71.4 Å². The van der Waals surface area contributed by atoms with Crippen LogP contribution >= 0.6 is 0 Å². The smallest absolute Gasteiger partial charge is 0.264 e. The SMILES string of the molecule is CC(=O)Nc1ccc(OCCOCCOCCOCCOCCOCCOCCOCCOCCCCCC(=O)Nc2cccc3c2C(=O)N(C2CCC(=O)NC2=O)C3=O)cc1. The highest BCUT2D eigenvalue weighted by Crippen LogP contribution is 2.32. The normalized spacial score (nSPS) is 14.9. The number of rotatable bonds is 34. The van der Waals surface area contributed by atoms with Gasteiger partial charge in [-0.05, 0) is 55.7 Å². The van der Waals surface area contributed by atoms with Gasteiger partial charge in [-0.1, -0.05) is 12.5 Å². The number of hydrogen-bond acceptors (Lipinski definition) is 15. The fourth-order valence-electron chi connectivity index (χ4n) is 6.20. The van der Waals surface area contributed by atoms with E-state index < -0.39 is 29.7 Å². The quantitative estimate of drug-likeness (QED) is 0.0679. The van der Waals surface area contributed by atoms with Crippen molar-refractivity contribution in [2.45, 2.75) is 51.5 Å². The fourth-order valence-corrected chi connectivity index (χ4v) is 6.20. The summed E-state index contributed by atoms with van der Waals surface area (Å²) in [6.45, 7) is 9.19. The zero-order chi connectivity index (χ0) is 44.2. The van der Waals surface area contributed by atoms with Crippen molar-refractivity contribution in [1.29, 1.82) is 0 Å². The van der Waals surface area contributed by atoms with E-state index in [4.69, 9.17) is 42.6 Å². The highest BCUT2D eigenvalue weighted by Gasteiger charge is 2.45. The maximum atomic E-state index is 13.2. The molecule has 0 aromatic heterocycles. The number of nitrogens with zero attached hydrogens (tertiary/aromatic N) is 1. The van der Waals surface area contributed by atoms with E-state index in [1.807, 2.05) is 0 Å². The molecule has 2 aliphatic heterocycles. The van der Waals surface area contributed by atoms with Gasteiger partial charge >= 0.3 is 0 Å². The lowest BCUT2D eigenvalue weighted by Crippen LogP contribution is -2.54. The molecule has 0 spiro atoms. The lowest BCUT2D eigenvalue weighted by atomic mass is 10.0. The average Bonchev–Trinajstić information content (AvgIpc) is 3.50. The molecule has 2 heterocycles. The summed E-state index contributed by atoms with van der Waals surface area (Å²) in [5, 5.41) is 7.61. The Hall–Kier alpha value is -4.86. The van der Waals surface area contributed by atoms with Crippen molar-refractivity contribution in [3.05, 3.63) is 53.6 Å². The lowest BCUT2D eigenvalue weighted by molar-refractivity contribution is -0.136. The molecule has 2 aliphatic rings. The van der Waals surface area contributed by atoms with Gasteiger partial charge in [0.1, 0.15) is 18.4 Å². The Kier molecular flexibility index (Phi) is 23.6. The summed E-state index contributed by atoms with van der Waals surface area (Å²) in [5.41, 5.74) is 1.09. The van der Waals surface area contributed by atoms with Crippen LogP contribution in [0.4, 0.5) is 11.4 Å². The number of carbonyl (C=O) groups excluding carboxylic acids is 6. The monoisotopic (exact) mass is 872 g/mol. The number of imide groups is 2. The second kappa shape index (κ2) is 29.4. The Balaban J connectivity index is 0.837. The molecule has 62 heavy (non-hydrogen) atoms. The molecular formula is C43H60N4O15. The van der Waals surface area contributed by atoms with Crippen LogP contribution in [0.3, 0.4) is 0 Å². The zero-order valence-corrected chi connectivity index (χ0v) is 35.5. The summed E-state index contributed by atoms with van der Waals surface area (Å²) in [6.07, 6.45) is 2.43. The number of unbranched alkanes of at least 4 members (excludes halogenated alkanes) is 2. The Morgan fingerprint density at radius 2 is 1.13 bits per heavy atom. The van der Waals surface area contributed by atoms with E-state index in [1.54, 1.807) is 36.4 Å². The van der Waals surface area contributed by atoms with Crippen LogP contribution in [0, 0.1) is 0 Å². The second-order valence-electron chi connectivity index (χ2n) is 14.0. The van der Waals surface area contributed by atoms with Crippen LogP contribution in [-0.4, -0.2) is 159 Å². The van der Waals surface area contributed by atoms with Gasteiger partial charge in [0.05, 0.1) is 116 Å². The second-order valence-corrected chi connectivity index (χ2v) is 14.0. The summed E-state index contributed by atoms with van der Waals surface area (Å²) < 4.78 is 49.7. The van der Waals surface area contributed by atoms with Gasteiger partial charge in [0.2, 0.25) is 23.6 Å². The van der Waals surface area contributed by atoms with Gasteiger partial charge in [0.25, 0.3) is 11.8 Å². The standard InChI is InChI=1S/C43H60N4O15/c1-32(48)44-33-9-11-34(12-10-33)62-31-30-61-29-28-60-27-26-59-25-24-58-23-22-57-21-20-56-19-18-55-17-16-54-15-4-2-3-8-38(49)45-36-7-5-6-35-40(36)43(53)47(42(35)52)37-13-14-39(50)46-41(37)51/h5-7,9-12,37H,2-4,8,13-31H2,1H3,(H,44,48)(H,45,49)(H,46,50,51). The molecule has 0 bridgehead atoms. The van der Waals surface area contributed by atoms with E-state index in [1.165, 1.54) is 13.0 Å². The molecule has 2 aromatic rings. The van der Waals surface area contributed by atoms with Gasteiger partial charge in [-0.2, -0.15) is 0 Å². The van der Waals surface area contributed by atoms with Crippen molar-refractivity contribution in [2.24, 2.45) is 0 Å². The molecule has 342 valence electrons. The third-order valence-electron chi connectivity index (χ3n) is 9.21. The number of piperidine rings is 1. The highest BCUT2D eigenvalue weighted by molar-refractivity contribution is 6.26. The molecule has 19 nitrogen and oxygen atoms in total. The minimum absolute atomic E-state index is 0.0254. The van der Waals surface area contributed by atoms with Gasteiger partial charge in [-0.3, -0.25) is 39.0 Å². The molecule has 0 aliphatic carbocycles. The molecule has 1 fully saturated rings. The van der Waals surface area contributed by atoms with E-state index in [2.05, 4.69) is 16.0 Å². The van der Waals surface area contributed by atoms with E-state index in [-0.39, 0.29) is 47.9 Å². The summed E-state index contributed by atoms with van der Waals surface area (Å²) >= 11 is 0. The maximum Gasteiger partial charge on any atom is 0.264 e. The van der Waals surface area contributed by atoms with E-state index in [0.717, 1.165) is 23.4 Å². The molecule has 19 heteroatoms. The molecular weight excluding hydrogens is 812 g/mol. The average molecular weight is 873 g/mol. The molecule has 1 unspecified atom stereocenters. The molecule has 0 radical (unpaired) electrons. The summed E-state index contributed by atoms with van der Waals surface area (Å²) in [6, 6.07) is 10.7. The first kappa shape index (κ1) is 49.8.